The van der Waals surface area contributed by atoms with Gasteiger partial charge in [0.15, 0.2) is 0 Å². The van der Waals surface area contributed by atoms with E-state index in [1.807, 2.05) is 0 Å². The molecule has 76 valence electrons. The number of hydrogen-bond acceptors (Lipinski definition) is 4. The first kappa shape index (κ1) is 12.6. The summed E-state index contributed by atoms with van der Waals surface area (Å²) in [7, 11) is 0. The number of halogens is 2. The molecule has 1 aliphatic heterocycles. The van der Waals surface area contributed by atoms with Crippen LogP contribution in [0.4, 0.5) is 0 Å². The zero-order valence-electron chi connectivity index (χ0n) is 6.83. The Labute approximate surface area is 88.3 Å². The number of nitrogens with zero attached hydrogens (tertiary/aromatic N) is 3. The molecule has 2 N–H and O–H groups in total. The predicted molar refractivity (Wildman–Crippen MR) is 52.4 cm³/mol. The molecule has 1 aliphatic rings. The van der Waals surface area contributed by atoms with E-state index >= 15 is 0 Å². The van der Waals surface area contributed by atoms with Gasteiger partial charge < -0.3 is 10.4 Å². The first-order valence-electron chi connectivity index (χ1n) is 3.62. The van der Waals surface area contributed by atoms with Crippen molar-refractivity contribution in [3.8, 4) is 0 Å². The number of aromatic nitrogens is 3. The standard InChI is InChI=1S/C6H10N4O.2ClH/c11-6-4-7-3-5(6)10-2-1-8-9-10;;/h1-2,5-7,11H,3-4H2;2*1H/t5-,6-;;/m1../s1. The minimum Gasteiger partial charge on any atom is -0.390 e. The molecule has 0 saturated carbocycles. The highest BCUT2D eigenvalue weighted by atomic mass is 35.5. The van der Waals surface area contributed by atoms with E-state index in [0.717, 1.165) is 6.54 Å². The number of aliphatic hydroxyl groups excluding tert-OH is 1. The summed E-state index contributed by atoms with van der Waals surface area (Å²) in [6, 6.07) is 0.0532. The molecule has 2 atom stereocenters. The van der Waals surface area contributed by atoms with E-state index in [1.54, 1.807) is 17.1 Å². The van der Waals surface area contributed by atoms with Crippen LogP contribution >= 0.6 is 24.8 Å². The van der Waals surface area contributed by atoms with Gasteiger partial charge in [-0.2, -0.15) is 0 Å². The van der Waals surface area contributed by atoms with Crippen molar-refractivity contribution in [2.24, 2.45) is 0 Å². The van der Waals surface area contributed by atoms with Crippen molar-refractivity contribution in [3.05, 3.63) is 12.4 Å². The molecule has 2 heterocycles. The maximum absolute atomic E-state index is 9.41. The van der Waals surface area contributed by atoms with Gasteiger partial charge in [-0.15, -0.1) is 29.9 Å². The predicted octanol–water partition coefficient (Wildman–Crippen LogP) is -0.373. The van der Waals surface area contributed by atoms with Crippen LogP contribution in [0, 0.1) is 0 Å². The van der Waals surface area contributed by atoms with Gasteiger partial charge in [-0.1, -0.05) is 5.21 Å². The molecule has 0 amide bonds. The highest BCUT2D eigenvalue weighted by molar-refractivity contribution is 5.85. The average Bonchev–Trinajstić information content (AvgIpc) is 2.55. The topological polar surface area (TPSA) is 63.0 Å². The average molecular weight is 227 g/mol. The van der Waals surface area contributed by atoms with Gasteiger partial charge >= 0.3 is 0 Å². The minimum absolute atomic E-state index is 0. The molecule has 0 aliphatic carbocycles. The monoisotopic (exact) mass is 226 g/mol. The van der Waals surface area contributed by atoms with E-state index in [2.05, 4.69) is 15.6 Å². The molecule has 0 radical (unpaired) electrons. The van der Waals surface area contributed by atoms with E-state index in [1.165, 1.54) is 0 Å². The molecule has 1 aromatic heterocycles. The molecule has 13 heavy (non-hydrogen) atoms. The van der Waals surface area contributed by atoms with Crippen molar-refractivity contribution in [2.45, 2.75) is 12.1 Å². The van der Waals surface area contributed by atoms with Gasteiger partial charge in [0.2, 0.25) is 0 Å². The van der Waals surface area contributed by atoms with Crippen molar-refractivity contribution in [2.75, 3.05) is 13.1 Å². The second-order valence-electron chi connectivity index (χ2n) is 2.68. The van der Waals surface area contributed by atoms with Crippen LogP contribution in [0.1, 0.15) is 6.04 Å². The van der Waals surface area contributed by atoms with Gasteiger partial charge in [0, 0.05) is 19.3 Å². The Bertz CT molecular complexity index is 231. The molecule has 1 fully saturated rings. The van der Waals surface area contributed by atoms with Gasteiger partial charge in [-0.05, 0) is 0 Å². The zero-order chi connectivity index (χ0) is 7.68. The first-order chi connectivity index (χ1) is 5.38. The molecule has 5 nitrogen and oxygen atoms in total. The lowest BCUT2D eigenvalue weighted by molar-refractivity contribution is 0.143. The molecule has 7 heteroatoms. The van der Waals surface area contributed by atoms with E-state index in [4.69, 9.17) is 0 Å². The van der Waals surface area contributed by atoms with E-state index in [-0.39, 0.29) is 37.0 Å². The third kappa shape index (κ3) is 2.54. The maximum Gasteiger partial charge on any atom is 0.0932 e. The summed E-state index contributed by atoms with van der Waals surface area (Å²) in [5.74, 6) is 0. The van der Waals surface area contributed by atoms with Crippen LogP contribution in [-0.2, 0) is 0 Å². The normalized spacial score (nSPS) is 26.2. The largest absolute Gasteiger partial charge is 0.390 e. The van der Waals surface area contributed by atoms with E-state index in [9.17, 15) is 5.11 Å². The lowest BCUT2D eigenvalue weighted by atomic mass is 10.2. The Kier molecular flexibility index (Phi) is 5.24. The van der Waals surface area contributed by atoms with Crippen molar-refractivity contribution in [1.29, 1.82) is 0 Å². The summed E-state index contributed by atoms with van der Waals surface area (Å²) in [6.45, 7) is 1.41. The molecule has 0 unspecified atom stereocenters. The van der Waals surface area contributed by atoms with E-state index in [0.29, 0.717) is 6.54 Å². The highest BCUT2D eigenvalue weighted by Crippen LogP contribution is 2.12. The van der Waals surface area contributed by atoms with Crippen LogP contribution in [0.25, 0.3) is 0 Å². The smallest absolute Gasteiger partial charge is 0.0932 e. The van der Waals surface area contributed by atoms with Crippen LogP contribution in [0.5, 0.6) is 0 Å². The van der Waals surface area contributed by atoms with E-state index < -0.39 is 0 Å². The van der Waals surface area contributed by atoms with Gasteiger partial charge in [0.05, 0.1) is 18.3 Å². The number of rotatable bonds is 1. The minimum atomic E-state index is -0.336. The molecular formula is C6H12Cl2N4O. The molecule has 0 bridgehead atoms. The Balaban J connectivity index is 0.000000720. The SMILES string of the molecule is Cl.Cl.O[C@@H]1CNC[C@H]1n1ccnn1. The fourth-order valence-corrected chi connectivity index (χ4v) is 1.32. The van der Waals surface area contributed by atoms with Gasteiger partial charge in [-0.3, -0.25) is 0 Å². The second-order valence-corrected chi connectivity index (χ2v) is 2.68. The summed E-state index contributed by atoms with van der Waals surface area (Å²) in [6.07, 6.45) is 3.04. The summed E-state index contributed by atoms with van der Waals surface area (Å²) < 4.78 is 1.69. The summed E-state index contributed by atoms with van der Waals surface area (Å²) in [5.41, 5.74) is 0. The molecular weight excluding hydrogens is 215 g/mol. The lowest BCUT2D eigenvalue weighted by Crippen LogP contribution is -2.22. The quantitative estimate of drug-likeness (QED) is 0.686. The van der Waals surface area contributed by atoms with Crippen LogP contribution in [-0.4, -0.2) is 39.3 Å². The molecule has 0 spiro atoms. The third-order valence-electron chi connectivity index (χ3n) is 1.93. The highest BCUT2D eigenvalue weighted by Gasteiger charge is 2.26. The second kappa shape index (κ2) is 5.39. The van der Waals surface area contributed by atoms with Crippen LogP contribution in [0.3, 0.4) is 0 Å². The van der Waals surface area contributed by atoms with Crippen LogP contribution in [0.15, 0.2) is 12.4 Å². The third-order valence-corrected chi connectivity index (χ3v) is 1.93. The number of nitrogens with one attached hydrogen (secondary N) is 1. The number of β-amino-alcohol motifs (C(OH)–C–C–N with tert-alkyl or cyclic N) is 1. The summed E-state index contributed by atoms with van der Waals surface area (Å²) in [5, 5.41) is 20.0. The molecule has 1 saturated heterocycles. The summed E-state index contributed by atoms with van der Waals surface area (Å²) in [4.78, 5) is 0. The van der Waals surface area contributed by atoms with Crippen molar-refractivity contribution in [3.63, 3.8) is 0 Å². The number of hydrogen-bond donors (Lipinski definition) is 2. The molecule has 0 aromatic carbocycles. The van der Waals surface area contributed by atoms with Crippen molar-refractivity contribution >= 4 is 24.8 Å². The van der Waals surface area contributed by atoms with Crippen LogP contribution in [0.2, 0.25) is 0 Å². The maximum atomic E-state index is 9.41. The Morgan fingerprint density at radius 3 is 2.62 bits per heavy atom. The van der Waals surface area contributed by atoms with Crippen molar-refractivity contribution < 1.29 is 5.11 Å². The van der Waals surface area contributed by atoms with Crippen molar-refractivity contribution in [1.82, 2.24) is 20.3 Å². The van der Waals surface area contributed by atoms with Gasteiger partial charge in [0.1, 0.15) is 0 Å². The Morgan fingerprint density at radius 2 is 2.15 bits per heavy atom. The first-order valence-corrected chi connectivity index (χ1v) is 3.62. The molecule has 2 rings (SSSR count). The van der Waals surface area contributed by atoms with Gasteiger partial charge in [-0.25, -0.2) is 4.68 Å². The number of aliphatic hydroxyl groups is 1. The van der Waals surface area contributed by atoms with Gasteiger partial charge in [0.25, 0.3) is 0 Å². The lowest BCUT2D eigenvalue weighted by Gasteiger charge is -2.11. The Hall–Kier alpha value is -0.360. The summed E-state index contributed by atoms with van der Waals surface area (Å²) >= 11 is 0. The molecule has 1 aromatic rings. The fraction of sp³-hybridized carbons (Fsp3) is 0.667. The fourth-order valence-electron chi connectivity index (χ4n) is 1.32. The van der Waals surface area contributed by atoms with Crippen LogP contribution < -0.4 is 5.32 Å². The zero-order valence-corrected chi connectivity index (χ0v) is 8.46. The Morgan fingerprint density at radius 1 is 1.38 bits per heavy atom.